The van der Waals surface area contributed by atoms with E-state index >= 15 is 0 Å². The summed E-state index contributed by atoms with van der Waals surface area (Å²) >= 11 is 3.38. The highest BCUT2D eigenvalue weighted by atomic mass is 79.9. The fourth-order valence-electron chi connectivity index (χ4n) is 2.68. The van der Waals surface area contributed by atoms with Crippen LogP contribution in [0.2, 0.25) is 0 Å². The summed E-state index contributed by atoms with van der Waals surface area (Å²) in [4.78, 5) is 29.3. The number of hydrogen-bond donors (Lipinski definition) is 1. The Labute approximate surface area is 145 Å². The largest absolute Gasteiger partial charge is 0.320 e. The number of carbonyl (C=O) groups is 1. The molecule has 1 aliphatic rings. The molecule has 0 spiro atoms. The van der Waals surface area contributed by atoms with Crippen LogP contribution in [0.15, 0.2) is 56.8 Å². The molecule has 0 unspecified atom stereocenters. The van der Waals surface area contributed by atoms with Crippen molar-refractivity contribution in [3.8, 4) is 0 Å². The van der Waals surface area contributed by atoms with Gasteiger partial charge in [0.2, 0.25) is 0 Å². The van der Waals surface area contributed by atoms with Gasteiger partial charge in [-0.15, -0.1) is 0 Å². The molecule has 1 N–H and O–H groups in total. The van der Waals surface area contributed by atoms with Gasteiger partial charge in [-0.2, -0.15) is 9.78 Å². The molecule has 2 heterocycles. The van der Waals surface area contributed by atoms with Crippen LogP contribution < -0.4 is 10.9 Å². The Morgan fingerprint density at radius 3 is 2.79 bits per heavy atom. The Kier molecular flexibility index (Phi) is 3.31. The molecule has 0 saturated heterocycles. The molecule has 0 radical (unpaired) electrons. The maximum absolute atomic E-state index is 12.7. The molecule has 4 rings (SSSR count). The number of nitrogens with one attached hydrogen (secondary N) is 1. The van der Waals surface area contributed by atoms with Crippen molar-refractivity contribution in [1.82, 2.24) is 9.66 Å². The first kappa shape index (κ1) is 14.8. The third kappa shape index (κ3) is 2.25. The monoisotopic (exact) mass is 382 g/mol. The van der Waals surface area contributed by atoms with E-state index < -0.39 is 0 Å². The van der Waals surface area contributed by atoms with Gasteiger partial charge < -0.3 is 5.32 Å². The Morgan fingerprint density at radius 2 is 1.96 bits per heavy atom. The molecule has 1 amide bonds. The highest BCUT2D eigenvalue weighted by Crippen LogP contribution is 2.27. The zero-order chi connectivity index (χ0) is 16.8. The van der Waals surface area contributed by atoms with Crippen LogP contribution in [0.5, 0.6) is 0 Å². The van der Waals surface area contributed by atoms with Gasteiger partial charge in [-0.1, -0.05) is 28.1 Å². The number of benzene rings is 2. The minimum absolute atomic E-state index is 0.189. The molecule has 1 aromatic heterocycles. The predicted molar refractivity (Wildman–Crippen MR) is 95.4 cm³/mol. The Balaban J connectivity index is 1.97. The molecule has 118 valence electrons. The number of para-hydroxylation sites is 1. The highest BCUT2D eigenvalue weighted by molar-refractivity contribution is 9.10. The third-order valence-electron chi connectivity index (χ3n) is 3.82. The molecule has 1 aliphatic heterocycles. The zero-order valence-corrected chi connectivity index (χ0v) is 14.2. The van der Waals surface area contributed by atoms with Crippen molar-refractivity contribution in [3.63, 3.8) is 0 Å². The van der Waals surface area contributed by atoms with Gasteiger partial charge in [0.25, 0.3) is 11.5 Å². The summed E-state index contributed by atoms with van der Waals surface area (Å²) in [5, 5.41) is 7.50. The number of aryl methyl sites for hydroxylation is 1. The number of aromatic nitrogens is 2. The quantitative estimate of drug-likeness (QED) is 0.702. The van der Waals surface area contributed by atoms with E-state index in [1.54, 1.807) is 37.3 Å². The fraction of sp³-hybridized carbons (Fsp3) is 0.0588. The molecule has 2 aromatic carbocycles. The lowest BCUT2D eigenvalue weighted by Gasteiger charge is -2.06. The molecule has 0 saturated carbocycles. The fourth-order valence-corrected chi connectivity index (χ4v) is 3.04. The summed E-state index contributed by atoms with van der Waals surface area (Å²) in [5.41, 5.74) is 1.81. The summed E-state index contributed by atoms with van der Waals surface area (Å²) in [6.45, 7) is 1.69. The van der Waals surface area contributed by atoms with E-state index in [1.165, 1.54) is 4.68 Å². The molecular weight excluding hydrogens is 372 g/mol. The second kappa shape index (κ2) is 5.38. The number of amides is 1. The number of hydrogen-bond acceptors (Lipinski definition) is 4. The van der Waals surface area contributed by atoms with Crippen LogP contribution in [-0.2, 0) is 4.79 Å². The van der Waals surface area contributed by atoms with E-state index in [0.717, 1.165) is 4.47 Å². The first-order valence-corrected chi connectivity index (χ1v) is 8.02. The third-order valence-corrected chi connectivity index (χ3v) is 4.31. The maximum Gasteiger partial charge on any atom is 0.282 e. The van der Waals surface area contributed by atoms with E-state index in [2.05, 4.69) is 31.3 Å². The smallest absolute Gasteiger partial charge is 0.282 e. The Bertz CT molecular complexity index is 1100. The minimum Gasteiger partial charge on any atom is -0.320 e. The summed E-state index contributed by atoms with van der Waals surface area (Å²) in [5.74, 6) is 0.0741. The van der Waals surface area contributed by atoms with Gasteiger partial charge in [0.05, 0.1) is 16.6 Å². The summed E-state index contributed by atoms with van der Waals surface area (Å²) in [6, 6.07) is 12.5. The molecule has 0 fully saturated rings. The molecule has 0 atom stereocenters. The van der Waals surface area contributed by atoms with Crippen LogP contribution in [0.3, 0.4) is 0 Å². The minimum atomic E-state index is -0.345. The Morgan fingerprint density at radius 1 is 1.17 bits per heavy atom. The van der Waals surface area contributed by atoms with Crippen LogP contribution in [-0.4, -0.2) is 21.3 Å². The molecule has 0 aliphatic carbocycles. The van der Waals surface area contributed by atoms with Crippen LogP contribution >= 0.6 is 15.9 Å². The van der Waals surface area contributed by atoms with Crippen LogP contribution in [0.1, 0.15) is 11.4 Å². The molecule has 3 aromatic rings. The van der Waals surface area contributed by atoms with Gasteiger partial charge in [0.15, 0.2) is 5.71 Å². The standard InChI is InChI=1S/C17H11BrN4O2/c1-9-19-13-5-3-2-4-11(13)17(24)22(9)21-15-12-8-10(18)6-7-14(12)20-16(15)23/h2-8H,1H3,(H,20,21,23). The van der Waals surface area contributed by atoms with E-state index in [-0.39, 0.29) is 17.2 Å². The van der Waals surface area contributed by atoms with Crippen molar-refractivity contribution in [3.05, 3.63) is 68.7 Å². The van der Waals surface area contributed by atoms with Gasteiger partial charge in [-0.3, -0.25) is 9.59 Å². The second-order valence-electron chi connectivity index (χ2n) is 5.39. The number of fused-ring (bicyclic) bond motifs is 2. The van der Waals surface area contributed by atoms with Crippen molar-refractivity contribution in [1.29, 1.82) is 0 Å². The van der Waals surface area contributed by atoms with E-state index in [9.17, 15) is 9.59 Å². The first-order valence-electron chi connectivity index (χ1n) is 7.23. The lowest BCUT2D eigenvalue weighted by molar-refractivity contribution is -0.110. The number of nitrogens with zero attached hydrogens (tertiary/aromatic N) is 3. The first-order chi connectivity index (χ1) is 11.5. The van der Waals surface area contributed by atoms with Crippen LogP contribution in [0.4, 0.5) is 5.69 Å². The zero-order valence-electron chi connectivity index (χ0n) is 12.6. The average Bonchev–Trinajstić information content (AvgIpc) is 2.86. The summed E-state index contributed by atoms with van der Waals surface area (Å²) < 4.78 is 2.00. The van der Waals surface area contributed by atoms with Crippen molar-refractivity contribution < 1.29 is 4.79 Å². The van der Waals surface area contributed by atoms with Gasteiger partial charge in [-0.05, 0) is 37.3 Å². The van der Waals surface area contributed by atoms with E-state index in [4.69, 9.17) is 0 Å². The summed E-state index contributed by atoms with van der Waals surface area (Å²) in [6.07, 6.45) is 0. The number of anilines is 1. The van der Waals surface area contributed by atoms with Crippen molar-refractivity contribution in [2.24, 2.45) is 5.10 Å². The van der Waals surface area contributed by atoms with E-state index in [1.807, 2.05) is 12.1 Å². The predicted octanol–water partition coefficient (Wildman–Crippen LogP) is 2.67. The maximum atomic E-state index is 12.7. The average molecular weight is 383 g/mol. The van der Waals surface area contributed by atoms with Gasteiger partial charge >= 0.3 is 0 Å². The van der Waals surface area contributed by atoms with Gasteiger partial charge in [0.1, 0.15) is 5.82 Å². The molecule has 6 nitrogen and oxygen atoms in total. The molecular formula is C17H11BrN4O2. The second-order valence-corrected chi connectivity index (χ2v) is 6.30. The van der Waals surface area contributed by atoms with E-state index in [0.29, 0.717) is 28.0 Å². The number of carbonyl (C=O) groups excluding carboxylic acids is 1. The van der Waals surface area contributed by atoms with Gasteiger partial charge in [-0.25, -0.2) is 4.98 Å². The summed E-state index contributed by atoms with van der Waals surface area (Å²) in [7, 11) is 0. The highest BCUT2D eigenvalue weighted by Gasteiger charge is 2.27. The topological polar surface area (TPSA) is 76.3 Å². The number of halogens is 1. The SMILES string of the molecule is Cc1nc2ccccc2c(=O)n1/N=C1/C(=O)Nc2ccc(Br)cc21. The van der Waals surface area contributed by atoms with Crippen molar-refractivity contribution in [2.45, 2.75) is 6.92 Å². The van der Waals surface area contributed by atoms with Crippen molar-refractivity contribution >= 4 is 44.1 Å². The lowest BCUT2D eigenvalue weighted by atomic mass is 10.1. The van der Waals surface area contributed by atoms with Gasteiger partial charge in [0, 0.05) is 10.0 Å². The van der Waals surface area contributed by atoms with Crippen LogP contribution in [0, 0.1) is 6.92 Å². The van der Waals surface area contributed by atoms with Crippen molar-refractivity contribution in [2.75, 3.05) is 5.32 Å². The number of rotatable bonds is 1. The Hall–Kier alpha value is -2.80. The van der Waals surface area contributed by atoms with Crippen LogP contribution in [0.25, 0.3) is 10.9 Å². The lowest BCUT2D eigenvalue weighted by Crippen LogP contribution is -2.24. The molecule has 24 heavy (non-hydrogen) atoms. The molecule has 7 heteroatoms. The molecule has 0 bridgehead atoms. The normalized spacial score (nSPS) is 14.9.